The predicted molar refractivity (Wildman–Crippen MR) is 115 cm³/mol. The van der Waals surface area contributed by atoms with Crippen LogP contribution in [-0.2, 0) is 4.79 Å². The maximum absolute atomic E-state index is 13.3. The Kier molecular flexibility index (Phi) is 4.75. The summed E-state index contributed by atoms with van der Waals surface area (Å²) in [5.74, 6) is -0.185. The summed E-state index contributed by atoms with van der Waals surface area (Å²) in [5, 5.41) is 0.991. The number of carbonyl (C=O) groups is 1. The first-order valence-corrected chi connectivity index (χ1v) is 9.20. The molecule has 3 aromatic rings. The van der Waals surface area contributed by atoms with E-state index in [-0.39, 0.29) is 5.91 Å². The summed E-state index contributed by atoms with van der Waals surface area (Å²) in [6.07, 6.45) is 1.78. The molecule has 0 aromatic heterocycles. The number of anilines is 2. The molecule has 27 heavy (non-hydrogen) atoms. The molecule has 0 N–H and O–H groups in total. The van der Waals surface area contributed by atoms with Crippen LogP contribution in [0.4, 0.5) is 11.4 Å². The summed E-state index contributed by atoms with van der Waals surface area (Å²) in [6, 6.07) is 26.4. The zero-order valence-corrected chi connectivity index (χ0v) is 15.8. The first-order valence-electron chi connectivity index (χ1n) is 8.41. The fourth-order valence-electron chi connectivity index (χ4n) is 3.00. The second-order valence-corrected chi connectivity index (χ2v) is 6.75. The number of para-hydroxylation sites is 2. The van der Waals surface area contributed by atoms with Gasteiger partial charge >= 0.3 is 0 Å². The molecule has 0 aliphatic carbocycles. The molecule has 1 amide bonds. The van der Waals surface area contributed by atoms with Gasteiger partial charge in [-0.15, -0.1) is 0 Å². The van der Waals surface area contributed by atoms with Gasteiger partial charge in [-0.25, -0.2) is 0 Å². The minimum Gasteiger partial charge on any atom is -0.281 e. The Morgan fingerprint density at radius 1 is 0.741 bits per heavy atom. The highest BCUT2D eigenvalue weighted by molar-refractivity contribution is 7.81. The highest BCUT2D eigenvalue weighted by Crippen LogP contribution is 2.33. The van der Waals surface area contributed by atoms with Gasteiger partial charge in [0.1, 0.15) is 5.70 Å². The van der Waals surface area contributed by atoms with E-state index in [1.165, 1.54) is 0 Å². The molecule has 132 valence electrons. The van der Waals surface area contributed by atoms with Crippen LogP contribution in [0.5, 0.6) is 0 Å². The third kappa shape index (κ3) is 3.25. The average Bonchev–Trinajstić information content (AvgIpc) is 2.95. The number of carbonyl (C=O) groups excluding carboxylic acids is 1. The third-order valence-corrected chi connectivity index (χ3v) is 4.98. The summed E-state index contributed by atoms with van der Waals surface area (Å²) < 4.78 is 0. The van der Waals surface area contributed by atoms with Crippen molar-refractivity contribution in [1.82, 2.24) is 0 Å². The molecule has 1 aliphatic heterocycles. The Balaban J connectivity index is 1.87. The van der Waals surface area contributed by atoms with E-state index in [0.717, 1.165) is 16.9 Å². The summed E-state index contributed by atoms with van der Waals surface area (Å²) in [7, 11) is 0. The number of hydrogen-bond acceptors (Lipinski definition) is 2. The molecule has 4 rings (SSSR count). The first-order chi connectivity index (χ1) is 13.2. The van der Waals surface area contributed by atoms with Gasteiger partial charge in [0, 0.05) is 10.7 Å². The van der Waals surface area contributed by atoms with Crippen LogP contribution in [0.3, 0.4) is 0 Å². The predicted octanol–water partition coefficient (Wildman–Crippen LogP) is 5.52. The normalized spacial score (nSPS) is 15.7. The quantitative estimate of drug-likeness (QED) is 0.434. The topological polar surface area (TPSA) is 23.6 Å². The Morgan fingerprint density at radius 2 is 1.26 bits per heavy atom. The Hall–Kier alpha value is -2.95. The lowest BCUT2D eigenvalue weighted by Crippen LogP contribution is -2.32. The molecule has 5 heteroatoms. The fourth-order valence-corrected chi connectivity index (χ4v) is 3.58. The van der Waals surface area contributed by atoms with Crippen LogP contribution >= 0.6 is 23.8 Å². The Morgan fingerprint density at radius 3 is 1.85 bits per heavy atom. The molecule has 3 nitrogen and oxygen atoms in total. The van der Waals surface area contributed by atoms with Crippen LogP contribution in [0, 0.1) is 0 Å². The fraction of sp³-hybridized carbons (Fsp3) is 0. The van der Waals surface area contributed by atoms with Gasteiger partial charge in [-0.05, 0) is 54.2 Å². The van der Waals surface area contributed by atoms with E-state index < -0.39 is 0 Å². The number of nitrogens with zero attached hydrogens (tertiary/aromatic N) is 2. The number of hydrogen-bond donors (Lipinski definition) is 0. The molecular weight excluding hydrogens is 376 g/mol. The summed E-state index contributed by atoms with van der Waals surface area (Å²) in [4.78, 5) is 16.6. The van der Waals surface area contributed by atoms with Gasteiger partial charge in [-0.1, -0.05) is 66.2 Å². The molecule has 1 aliphatic rings. The summed E-state index contributed by atoms with van der Waals surface area (Å²) in [6.45, 7) is 0. The van der Waals surface area contributed by atoms with Crippen LogP contribution in [0.15, 0.2) is 90.6 Å². The highest BCUT2D eigenvalue weighted by atomic mass is 35.5. The van der Waals surface area contributed by atoms with Gasteiger partial charge in [-0.2, -0.15) is 0 Å². The van der Waals surface area contributed by atoms with E-state index >= 15 is 0 Å². The van der Waals surface area contributed by atoms with E-state index in [4.69, 9.17) is 23.8 Å². The van der Waals surface area contributed by atoms with Crippen molar-refractivity contribution in [1.29, 1.82) is 0 Å². The van der Waals surface area contributed by atoms with Crippen molar-refractivity contribution in [2.75, 3.05) is 9.80 Å². The van der Waals surface area contributed by atoms with Gasteiger partial charge in [0.25, 0.3) is 5.91 Å². The molecule has 3 aromatic carbocycles. The van der Waals surface area contributed by atoms with Crippen molar-refractivity contribution < 1.29 is 4.79 Å². The maximum Gasteiger partial charge on any atom is 0.281 e. The van der Waals surface area contributed by atoms with Crippen molar-refractivity contribution in [3.8, 4) is 0 Å². The Labute approximate surface area is 168 Å². The number of amides is 1. The van der Waals surface area contributed by atoms with E-state index in [1.807, 2.05) is 78.9 Å². The number of thiocarbonyl (C=S) groups is 1. The van der Waals surface area contributed by atoms with Crippen LogP contribution in [0.25, 0.3) is 6.08 Å². The van der Waals surface area contributed by atoms with E-state index in [9.17, 15) is 4.79 Å². The number of benzene rings is 3. The van der Waals surface area contributed by atoms with Crippen molar-refractivity contribution in [3.05, 3.63) is 101 Å². The minimum atomic E-state index is -0.185. The summed E-state index contributed by atoms with van der Waals surface area (Å²) >= 11 is 12.0. The second-order valence-electron chi connectivity index (χ2n) is 5.98. The Bertz CT molecular complexity index is 1030. The third-order valence-electron chi connectivity index (χ3n) is 4.27. The maximum atomic E-state index is 13.3. The molecule has 0 atom stereocenters. The van der Waals surface area contributed by atoms with Crippen molar-refractivity contribution in [3.63, 3.8) is 0 Å². The minimum absolute atomic E-state index is 0.185. The lowest BCUT2D eigenvalue weighted by molar-refractivity contribution is -0.113. The molecule has 1 fully saturated rings. The zero-order chi connectivity index (χ0) is 18.8. The average molecular weight is 391 g/mol. The van der Waals surface area contributed by atoms with Gasteiger partial charge in [-0.3, -0.25) is 14.6 Å². The zero-order valence-electron chi connectivity index (χ0n) is 14.2. The molecule has 1 heterocycles. The molecule has 0 unspecified atom stereocenters. The number of halogens is 1. The van der Waals surface area contributed by atoms with Crippen molar-refractivity contribution >= 4 is 52.3 Å². The number of rotatable bonds is 3. The largest absolute Gasteiger partial charge is 0.281 e. The summed E-state index contributed by atoms with van der Waals surface area (Å²) in [5.41, 5.74) is 2.79. The molecule has 0 bridgehead atoms. The SMILES string of the molecule is O=C1/C(=C/c2ccccc2Cl)N(c2ccccc2)C(=S)N1c1ccccc1. The standard InChI is InChI=1S/C22H15ClN2OS/c23-19-14-8-7-9-16(19)15-20-21(26)25(18-12-5-2-6-13-18)22(27)24(20)17-10-3-1-4-11-17/h1-15H/b20-15-. The molecule has 0 saturated carbocycles. The van der Waals surface area contributed by atoms with E-state index in [1.54, 1.807) is 21.9 Å². The molecule has 0 spiro atoms. The molecule has 1 saturated heterocycles. The van der Waals surface area contributed by atoms with Gasteiger partial charge in [0.2, 0.25) is 0 Å². The van der Waals surface area contributed by atoms with E-state index in [0.29, 0.717) is 15.8 Å². The smallest absolute Gasteiger partial charge is 0.281 e. The monoisotopic (exact) mass is 390 g/mol. The van der Waals surface area contributed by atoms with Gasteiger partial charge < -0.3 is 0 Å². The van der Waals surface area contributed by atoms with Gasteiger partial charge in [0.05, 0.1) is 5.69 Å². The van der Waals surface area contributed by atoms with Crippen molar-refractivity contribution in [2.24, 2.45) is 0 Å². The van der Waals surface area contributed by atoms with Gasteiger partial charge in [0.15, 0.2) is 5.11 Å². The highest BCUT2D eigenvalue weighted by Gasteiger charge is 2.39. The molecular formula is C22H15ClN2OS. The van der Waals surface area contributed by atoms with Crippen LogP contribution in [0.2, 0.25) is 5.02 Å². The van der Waals surface area contributed by atoms with Crippen LogP contribution in [-0.4, -0.2) is 11.0 Å². The van der Waals surface area contributed by atoms with Crippen LogP contribution < -0.4 is 9.80 Å². The van der Waals surface area contributed by atoms with Crippen LogP contribution in [0.1, 0.15) is 5.56 Å². The second kappa shape index (κ2) is 7.35. The lowest BCUT2D eigenvalue weighted by atomic mass is 10.1. The lowest BCUT2D eigenvalue weighted by Gasteiger charge is -2.20. The molecule has 0 radical (unpaired) electrons. The first kappa shape index (κ1) is 17.5. The van der Waals surface area contributed by atoms with Crippen molar-refractivity contribution in [2.45, 2.75) is 0 Å². The van der Waals surface area contributed by atoms with E-state index in [2.05, 4.69) is 0 Å².